The van der Waals surface area contributed by atoms with Crippen molar-refractivity contribution < 1.29 is 13.2 Å². The van der Waals surface area contributed by atoms with Crippen LogP contribution in [0, 0.1) is 0 Å². The molecule has 6 heteroatoms. The number of nitrogens with zero attached hydrogens (tertiary/aromatic N) is 1. The Labute approximate surface area is 93.3 Å². The summed E-state index contributed by atoms with van der Waals surface area (Å²) in [6, 6.07) is 1.88. The largest absolute Gasteiger partial charge is 0.416 e. The molecule has 0 aliphatic carbocycles. The van der Waals surface area contributed by atoms with Crippen molar-refractivity contribution in [3.05, 3.63) is 35.0 Å². The molecule has 0 amide bonds. The summed E-state index contributed by atoms with van der Waals surface area (Å²) < 4.78 is 37.5. The molecule has 0 saturated heterocycles. The Morgan fingerprint density at radius 3 is 2.73 bits per heavy atom. The van der Waals surface area contributed by atoms with E-state index in [9.17, 15) is 13.2 Å². The average molecular weight is 281 g/mol. The number of rotatable bonds is 3. The van der Waals surface area contributed by atoms with Crippen LogP contribution in [0.15, 0.2) is 29.4 Å². The lowest BCUT2D eigenvalue weighted by molar-refractivity contribution is -0.137. The molecule has 82 valence electrons. The summed E-state index contributed by atoms with van der Waals surface area (Å²) in [5.41, 5.74) is -0.722. The van der Waals surface area contributed by atoms with E-state index in [0.29, 0.717) is 11.0 Å². The van der Waals surface area contributed by atoms with Gasteiger partial charge in [0, 0.05) is 17.2 Å². The van der Waals surface area contributed by atoms with E-state index < -0.39 is 11.7 Å². The van der Waals surface area contributed by atoms with Gasteiger partial charge in [0.15, 0.2) is 0 Å². The Hall–Kier alpha value is -1.04. The molecule has 1 rings (SSSR count). The highest BCUT2D eigenvalue weighted by Gasteiger charge is 2.30. The van der Waals surface area contributed by atoms with Crippen LogP contribution in [0.5, 0.6) is 0 Å². The lowest BCUT2D eigenvalue weighted by Crippen LogP contribution is -2.08. The first-order valence-electron chi connectivity index (χ1n) is 4.00. The van der Waals surface area contributed by atoms with E-state index in [2.05, 4.69) is 32.8 Å². The van der Waals surface area contributed by atoms with Gasteiger partial charge in [-0.3, -0.25) is 0 Å². The Bertz CT molecular complexity index is 363. The van der Waals surface area contributed by atoms with Crippen LogP contribution >= 0.6 is 15.9 Å². The zero-order valence-corrected chi connectivity index (χ0v) is 9.19. The minimum atomic E-state index is -4.34. The molecule has 0 aliphatic rings. The van der Waals surface area contributed by atoms with Crippen LogP contribution in [0.1, 0.15) is 5.56 Å². The van der Waals surface area contributed by atoms with Gasteiger partial charge in [-0.15, -0.1) is 0 Å². The molecule has 0 aliphatic heterocycles. The monoisotopic (exact) mass is 280 g/mol. The third-order valence-corrected chi connectivity index (χ3v) is 1.83. The van der Waals surface area contributed by atoms with Crippen molar-refractivity contribution in [2.75, 3.05) is 11.9 Å². The Balaban J connectivity index is 2.79. The Morgan fingerprint density at radius 2 is 2.20 bits per heavy atom. The van der Waals surface area contributed by atoms with Gasteiger partial charge in [-0.2, -0.15) is 13.2 Å². The summed E-state index contributed by atoms with van der Waals surface area (Å²) in [5, 5.41) is 2.70. The SMILES string of the molecule is C=C(Br)CNc1cc(C(F)(F)F)ccn1. The van der Waals surface area contributed by atoms with E-state index >= 15 is 0 Å². The van der Waals surface area contributed by atoms with Crippen molar-refractivity contribution in [1.82, 2.24) is 4.98 Å². The third-order valence-electron chi connectivity index (χ3n) is 1.55. The molecule has 0 saturated carbocycles. The van der Waals surface area contributed by atoms with E-state index in [1.54, 1.807) is 0 Å². The molecule has 0 atom stereocenters. The molecular weight excluding hydrogens is 273 g/mol. The van der Waals surface area contributed by atoms with Crippen LogP contribution in [-0.2, 0) is 6.18 Å². The number of hydrogen-bond donors (Lipinski definition) is 1. The second-order valence-corrected chi connectivity index (χ2v) is 3.92. The van der Waals surface area contributed by atoms with Crippen molar-refractivity contribution in [3.8, 4) is 0 Å². The van der Waals surface area contributed by atoms with E-state index in [1.807, 2.05) is 0 Å². The molecule has 1 heterocycles. The smallest absolute Gasteiger partial charge is 0.365 e. The van der Waals surface area contributed by atoms with Crippen LogP contribution < -0.4 is 5.32 Å². The highest BCUT2D eigenvalue weighted by molar-refractivity contribution is 9.11. The fourth-order valence-corrected chi connectivity index (χ4v) is 1.03. The van der Waals surface area contributed by atoms with Crippen molar-refractivity contribution in [2.24, 2.45) is 0 Å². The molecule has 0 aromatic carbocycles. The highest BCUT2D eigenvalue weighted by atomic mass is 79.9. The summed E-state index contributed by atoms with van der Waals surface area (Å²) in [7, 11) is 0. The third kappa shape index (κ3) is 3.91. The molecule has 1 aromatic heterocycles. The van der Waals surface area contributed by atoms with E-state index in [0.717, 1.165) is 18.3 Å². The Morgan fingerprint density at radius 1 is 1.53 bits per heavy atom. The van der Waals surface area contributed by atoms with E-state index in [4.69, 9.17) is 0 Å². The van der Waals surface area contributed by atoms with Crippen LogP contribution in [-0.4, -0.2) is 11.5 Å². The van der Waals surface area contributed by atoms with Gasteiger partial charge in [0.25, 0.3) is 0 Å². The zero-order valence-electron chi connectivity index (χ0n) is 7.61. The fourth-order valence-electron chi connectivity index (χ4n) is 0.890. The van der Waals surface area contributed by atoms with Crippen molar-refractivity contribution >= 4 is 21.7 Å². The van der Waals surface area contributed by atoms with Crippen molar-refractivity contribution in [1.29, 1.82) is 0 Å². The number of aromatic nitrogens is 1. The van der Waals surface area contributed by atoms with Gasteiger partial charge in [0.05, 0.1) is 5.56 Å². The maximum Gasteiger partial charge on any atom is 0.416 e. The van der Waals surface area contributed by atoms with Crippen molar-refractivity contribution in [3.63, 3.8) is 0 Å². The maximum atomic E-state index is 12.3. The number of anilines is 1. The second-order valence-electron chi connectivity index (χ2n) is 2.80. The Kier molecular flexibility index (Phi) is 3.73. The van der Waals surface area contributed by atoms with Crippen molar-refractivity contribution in [2.45, 2.75) is 6.18 Å². The fraction of sp³-hybridized carbons (Fsp3) is 0.222. The number of pyridine rings is 1. The number of hydrogen-bond acceptors (Lipinski definition) is 2. The molecule has 0 unspecified atom stereocenters. The van der Waals surface area contributed by atoms with Crippen LogP contribution in [0.4, 0.5) is 19.0 Å². The van der Waals surface area contributed by atoms with Gasteiger partial charge in [0.2, 0.25) is 0 Å². The minimum Gasteiger partial charge on any atom is -0.365 e. The van der Waals surface area contributed by atoms with Crippen LogP contribution in [0.2, 0.25) is 0 Å². The number of nitrogens with one attached hydrogen (secondary N) is 1. The minimum absolute atomic E-state index is 0.172. The normalized spacial score (nSPS) is 11.2. The molecule has 2 nitrogen and oxygen atoms in total. The molecule has 0 radical (unpaired) electrons. The summed E-state index contributed by atoms with van der Waals surface area (Å²) in [6.07, 6.45) is -3.23. The zero-order chi connectivity index (χ0) is 11.5. The highest BCUT2D eigenvalue weighted by Crippen LogP contribution is 2.29. The molecule has 15 heavy (non-hydrogen) atoms. The molecule has 0 fully saturated rings. The van der Waals surface area contributed by atoms with E-state index in [-0.39, 0.29) is 5.82 Å². The first kappa shape index (κ1) is 12.0. The van der Waals surface area contributed by atoms with Gasteiger partial charge in [0.1, 0.15) is 5.82 Å². The molecule has 1 aromatic rings. The first-order chi connectivity index (χ1) is 6.89. The van der Waals surface area contributed by atoms with E-state index in [1.165, 1.54) is 0 Å². The van der Waals surface area contributed by atoms with Crippen LogP contribution in [0.25, 0.3) is 0 Å². The summed E-state index contributed by atoms with van der Waals surface area (Å²) in [5.74, 6) is 0.172. The second kappa shape index (κ2) is 4.65. The topological polar surface area (TPSA) is 24.9 Å². The molecule has 0 bridgehead atoms. The molecule has 0 spiro atoms. The average Bonchev–Trinajstić information content (AvgIpc) is 2.14. The van der Waals surface area contributed by atoms with Gasteiger partial charge in [-0.1, -0.05) is 22.5 Å². The first-order valence-corrected chi connectivity index (χ1v) is 4.79. The molecule has 1 N–H and O–H groups in total. The molecular formula is C9H8BrF3N2. The predicted octanol–water partition coefficient (Wildman–Crippen LogP) is 3.42. The summed E-state index contributed by atoms with van der Waals surface area (Å²) in [6.45, 7) is 3.87. The standard InChI is InChI=1S/C9H8BrF3N2/c1-6(10)5-15-8-4-7(2-3-14-8)9(11,12)13/h2-4H,1,5H2,(H,14,15). The van der Waals surface area contributed by atoms with Gasteiger partial charge in [-0.25, -0.2) is 4.98 Å². The summed E-state index contributed by atoms with van der Waals surface area (Å²) >= 11 is 3.08. The lowest BCUT2D eigenvalue weighted by atomic mass is 10.2. The summed E-state index contributed by atoms with van der Waals surface area (Å²) in [4.78, 5) is 3.75. The predicted molar refractivity (Wildman–Crippen MR) is 55.8 cm³/mol. The van der Waals surface area contributed by atoms with Gasteiger partial charge >= 0.3 is 6.18 Å². The van der Waals surface area contributed by atoms with Gasteiger partial charge < -0.3 is 5.32 Å². The quantitative estimate of drug-likeness (QED) is 0.918. The maximum absolute atomic E-state index is 12.3. The van der Waals surface area contributed by atoms with Gasteiger partial charge in [-0.05, 0) is 12.1 Å². The number of halogens is 4. The lowest BCUT2D eigenvalue weighted by Gasteiger charge is -2.09. The van der Waals surface area contributed by atoms with Crippen LogP contribution in [0.3, 0.4) is 0 Å². The number of alkyl halides is 3.